The molecular weight excluding hydrogens is 1180 g/mol. The fourth-order valence-electron chi connectivity index (χ4n) is 17.8. The Morgan fingerprint density at radius 1 is 0.652 bits per heavy atom. The summed E-state index contributed by atoms with van der Waals surface area (Å²) in [6.07, 6.45) is -33.1. The van der Waals surface area contributed by atoms with E-state index >= 15 is 0 Å². The number of hydrogen-bond acceptors (Lipinski definition) is 26. The molecule has 4 aliphatic heterocycles. The molecule has 0 spiro atoms. The van der Waals surface area contributed by atoms with Gasteiger partial charge in [-0.3, -0.25) is 4.79 Å². The monoisotopic (exact) mass is 1270 g/mol. The maximum absolute atomic E-state index is 13.4. The number of carbonyl (C=O) groups is 3. The largest absolute Gasteiger partial charge is 0.479 e. The normalized spacial score (nSPS) is 50.4. The number of hydrogen-bond donors (Lipinski definition) is 14. The Bertz CT molecular complexity index is 2600. The van der Waals surface area contributed by atoms with Gasteiger partial charge in [0.15, 0.2) is 25.0 Å². The second-order valence-corrected chi connectivity index (χ2v) is 28.9. The molecule has 27 heteroatoms. The van der Waals surface area contributed by atoms with Crippen LogP contribution in [0.5, 0.6) is 0 Å². The van der Waals surface area contributed by atoms with E-state index in [0.717, 1.165) is 5.57 Å². The number of carbonyl (C=O) groups excluding carboxylic acids is 2. The summed E-state index contributed by atoms with van der Waals surface area (Å²) in [5.41, 5.74) is -3.20. The van der Waals surface area contributed by atoms with Gasteiger partial charge in [-0.1, -0.05) is 66.2 Å². The Balaban J connectivity index is 1.03. The number of rotatable bonds is 16. The Kier molecular flexibility index (Phi) is 20.5. The van der Waals surface area contributed by atoms with Crippen molar-refractivity contribution in [3.05, 3.63) is 23.3 Å². The maximum atomic E-state index is 13.4. The second kappa shape index (κ2) is 26.0. The Morgan fingerprint density at radius 3 is 1.88 bits per heavy atom. The molecule has 5 aliphatic carbocycles. The average molecular weight is 1280 g/mol. The lowest BCUT2D eigenvalue weighted by molar-refractivity contribution is -0.380. The highest BCUT2D eigenvalue weighted by atomic mass is 16.8. The SMILES string of the molecule is C/C=C(\C)C(=O)O[C@H]1[C@H](O)[C@]2(COC(C)=O)[C@H](O)C[C@]3(C)C(=CC[C@@H]4[C@@]5(C)CC[C@H](O[C@@H]6O[C@H](C(=O)O)[C@@H](O)[C@H](OC[C@@H]7O[C@H](CO)[C@H](O)[C@H](O)[C@H]7O[C@@H]7O[C@@H](C)[C@H](O)[C@@H](O)[C@H]7O)[C@H]6O[C@@H]6O[C@H](CO)[C@@H](O)[C@H](O)[C@H]6O)C(C)(C)[C@@H]5CC[C@]43C)[C@@H]2CC1(C)C. The topological polar surface area (TPSA) is 427 Å². The van der Waals surface area contributed by atoms with Gasteiger partial charge in [0.05, 0.1) is 43.5 Å². The van der Waals surface area contributed by atoms with Crippen LogP contribution in [0.4, 0.5) is 0 Å². The van der Waals surface area contributed by atoms with Gasteiger partial charge in [0.25, 0.3) is 0 Å². The molecule has 31 atom stereocenters. The van der Waals surface area contributed by atoms with E-state index in [1.54, 1.807) is 19.9 Å². The van der Waals surface area contributed by atoms with Crippen molar-refractivity contribution < 1.29 is 133 Å². The zero-order valence-electron chi connectivity index (χ0n) is 52.6. The molecule has 4 saturated heterocycles. The van der Waals surface area contributed by atoms with Crippen molar-refractivity contribution in [1.82, 2.24) is 0 Å². The third kappa shape index (κ3) is 11.9. The number of aliphatic carboxylic acids is 1. The quantitative estimate of drug-likeness (QED) is 0.0366. The van der Waals surface area contributed by atoms with Crippen molar-refractivity contribution in [2.45, 2.75) is 268 Å². The second-order valence-electron chi connectivity index (χ2n) is 28.9. The Hall–Kier alpha value is -2.95. The van der Waals surface area contributed by atoms with Crippen LogP contribution in [-0.2, 0) is 61.8 Å². The number of carboxylic acid groups (broad SMARTS) is 1. The summed E-state index contributed by atoms with van der Waals surface area (Å²) in [7, 11) is 0. The van der Waals surface area contributed by atoms with Crippen LogP contribution in [0.25, 0.3) is 0 Å². The molecule has 508 valence electrons. The number of allylic oxidation sites excluding steroid dienone is 3. The molecule has 0 aromatic heterocycles. The van der Waals surface area contributed by atoms with E-state index in [4.69, 9.17) is 47.4 Å². The number of aliphatic hydroxyl groups excluding tert-OH is 13. The highest BCUT2D eigenvalue weighted by molar-refractivity contribution is 5.87. The predicted molar refractivity (Wildman–Crippen MR) is 304 cm³/mol. The van der Waals surface area contributed by atoms with Gasteiger partial charge in [0.2, 0.25) is 0 Å². The van der Waals surface area contributed by atoms with E-state index in [9.17, 15) is 85.9 Å². The predicted octanol–water partition coefficient (Wildman–Crippen LogP) is -1.40. The minimum atomic E-state index is -2.17. The van der Waals surface area contributed by atoms with Gasteiger partial charge in [0.1, 0.15) is 110 Å². The van der Waals surface area contributed by atoms with Crippen molar-refractivity contribution in [3.63, 3.8) is 0 Å². The summed E-state index contributed by atoms with van der Waals surface area (Å²) in [6, 6.07) is 0. The molecule has 0 amide bonds. The molecule has 0 unspecified atom stereocenters. The molecule has 9 aliphatic rings. The number of aliphatic hydroxyl groups is 13. The van der Waals surface area contributed by atoms with Gasteiger partial charge in [-0.25, -0.2) is 9.59 Å². The third-order valence-electron chi connectivity index (χ3n) is 23.3. The van der Waals surface area contributed by atoms with Crippen LogP contribution in [0.1, 0.15) is 121 Å². The molecule has 4 heterocycles. The molecule has 8 fully saturated rings. The minimum Gasteiger partial charge on any atom is -0.479 e. The van der Waals surface area contributed by atoms with Gasteiger partial charge in [-0.2, -0.15) is 0 Å². The molecular formula is C62H98O27. The number of carboxylic acids is 1. The van der Waals surface area contributed by atoms with E-state index < -0.39 is 223 Å². The molecule has 0 bridgehead atoms. The van der Waals surface area contributed by atoms with Crippen LogP contribution < -0.4 is 0 Å². The molecule has 0 radical (unpaired) electrons. The molecule has 27 nitrogen and oxygen atoms in total. The standard InChI is InChI=1S/C62H98O27/c1-12-25(2)53(79)89-51-50(76)62(24-81-27(4)65)29(19-57(51,5)6)28-13-14-34-59(9)17-16-36(58(7,8)33(59)15-18-60(34,10)61(28,11)20-35(62)66)85-56-49(88-55-44(74)41(71)38(68)31(22-64)84-55)47(45(75)48(87-56)52(77)78)80-23-32-46(42(72)39(69)30(21-63)83-32)86-54-43(73)40(70)37(67)26(3)82-54/h12-13,26,29-51,54-56,63-64,66-76H,14-24H2,1-11H3,(H,77,78)/b25-12+/t26-,29-,30+,31+,32-,33-,34+,35+,36-,37-,38+,39-,40+,41-,42-,43+,44+,45-,46-,47-,48-,49+,50-,51-,54-,55-,56+,59-,60+,61+,62-/m0/s1. The first-order valence-electron chi connectivity index (χ1n) is 31.3. The van der Waals surface area contributed by atoms with Crippen LogP contribution in [-0.4, -0.2) is 263 Å². The first kappa shape index (κ1) is 70.4. The maximum Gasteiger partial charge on any atom is 0.335 e. The number of ether oxygens (including phenoxy) is 10. The fraction of sp³-hybridized carbons (Fsp3) is 0.887. The zero-order valence-corrected chi connectivity index (χ0v) is 52.6. The third-order valence-corrected chi connectivity index (χ3v) is 23.3. The molecule has 89 heavy (non-hydrogen) atoms. The van der Waals surface area contributed by atoms with Crippen molar-refractivity contribution in [2.75, 3.05) is 26.4 Å². The van der Waals surface area contributed by atoms with Crippen LogP contribution in [0.15, 0.2) is 23.3 Å². The van der Waals surface area contributed by atoms with Crippen molar-refractivity contribution in [2.24, 2.45) is 50.2 Å². The molecule has 9 rings (SSSR count). The van der Waals surface area contributed by atoms with E-state index in [0.29, 0.717) is 44.1 Å². The lowest BCUT2D eigenvalue weighted by Gasteiger charge is -2.72. The van der Waals surface area contributed by atoms with Crippen molar-refractivity contribution in [1.29, 1.82) is 0 Å². The molecule has 0 aromatic carbocycles. The van der Waals surface area contributed by atoms with Crippen molar-refractivity contribution >= 4 is 17.9 Å². The van der Waals surface area contributed by atoms with Gasteiger partial charge in [-0.05, 0) is 105 Å². The summed E-state index contributed by atoms with van der Waals surface area (Å²) >= 11 is 0. The van der Waals surface area contributed by atoms with E-state index in [1.165, 1.54) is 13.8 Å². The average Bonchev–Trinajstić information content (AvgIpc) is 0.672. The fourth-order valence-corrected chi connectivity index (χ4v) is 17.8. The van der Waals surface area contributed by atoms with E-state index in [2.05, 4.69) is 26.8 Å². The smallest absolute Gasteiger partial charge is 0.335 e. The lowest BCUT2D eigenvalue weighted by Crippen LogP contribution is -2.72. The van der Waals surface area contributed by atoms with Gasteiger partial charge in [-0.15, -0.1) is 0 Å². The first-order valence-corrected chi connectivity index (χ1v) is 31.3. The summed E-state index contributed by atoms with van der Waals surface area (Å²) in [5.74, 6) is -3.50. The molecule has 4 saturated carbocycles. The highest BCUT2D eigenvalue weighted by Gasteiger charge is 2.73. The van der Waals surface area contributed by atoms with Crippen LogP contribution >= 0.6 is 0 Å². The first-order chi connectivity index (χ1) is 41.5. The van der Waals surface area contributed by atoms with Crippen molar-refractivity contribution in [3.8, 4) is 0 Å². The minimum absolute atomic E-state index is 0.0136. The summed E-state index contributed by atoms with van der Waals surface area (Å²) in [6.45, 7) is 17.8. The molecule has 14 N–H and O–H groups in total. The summed E-state index contributed by atoms with van der Waals surface area (Å²) in [5, 5.41) is 156. The van der Waals surface area contributed by atoms with E-state index in [1.807, 2.05) is 27.7 Å². The molecule has 0 aromatic rings. The summed E-state index contributed by atoms with van der Waals surface area (Å²) < 4.78 is 61.0. The Morgan fingerprint density at radius 2 is 1.26 bits per heavy atom. The van der Waals surface area contributed by atoms with Gasteiger partial charge < -0.3 is 119 Å². The van der Waals surface area contributed by atoms with Gasteiger partial charge >= 0.3 is 17.9 Å². The van der Waals surface area contributed by atoms with Crippen LogP contribution in [0.3, 0.4) is 0 Å². The van der Waals surface area contributed by atoms with E-state index in [-0.39, 0.29) is 24.9 Å². The highest BCUT2D eigenvalue weighted by Crippen LogP contribution is 2.76. The van der Waals surface area contributed by atoms with Crippen LogP contribution in [0.2, 0.25) is 0 Å². The Labute approximate surface area is 517 Å². The van der Waals surface area contributed by atoms with Gasteiger partial charge in [0, 0.05) is 17.9 Å². The zero-order chi connectivity index (χ0) is 65.7. The lowest BCUT2D eigenvalue weighted by atomic mass is 9.33. The number of fused-ring (bicyclic) bond motifs is 7. The summed E-state index contributed by atoms with van der Waals surface area (Å²) in [4.78, 5) is 39.2. The number of esters is 2. The van der Waals surface area contributed by atoms with Crippen LogP contribution in [0, 0.1) is 50.2 Å².